The summed E-state index contributed by atoms with van der Waals surface area (Å²) in [5.74, 6) is -1.29. The molecule has 7 heteroatoms. The normalized spacial score (nSPS) is 11.6. The zero-order valence-corrected chi connectivity index (χ0v) is 12.2. The lowest BCUT2D eigenvalue weighted by Gasteiger charge is -2.21. The molecule has 0 unspecified atom stereocenters. The molecule has 21 heavy (non-hydrogen) atoms. The number of carboxylic acids is 1. The Bertz CT molecular complexity index is 472. The standard InChI is InChI=1S/C14H21N3O4/c1-3-17(4-2)11-7-5-10(6-8-11)15-14(21)16-12(9-18)13(19)20/h5-8,12,18H,3-4,9H2,1-2H3,(H,19,20)(H2,15,16,21)/t12-/m0/s1. The molecule has 116 valence electrons. The predicted octanol–water partition coefficient (Wildman–Crippen LogP) is 1.10. The Morgan fingerprint density at radius 3 is 2.19 bits per heavy atom. The molecule has 4 N–H and O–H groups in total. The van der Waals surface area contributed by atoms with Crippen LogP contribution in [0.4, 0.5) is 16.2 Å². The van der Waals surface area contributed by atoms with Crippen molar-refractivity contribution in [2.24, 2.45) is 0 Å². The van der Waals surface area contributed by atoms with Gasteiger partial charge >= 0.3 is 12.0 Å². The molecule has 7 nitrogen and oxygen atoms in total. The monoisotopic (exact) mass is 295 g/mol. The lowest BCUT2D eigenvalue weighted by molar-refractivity contribution is -0.140. The van der Waals surface area contributed by atoms with E-state index in [1.807, 2.05) is 12.1 Å². The number of anilines is 2. The molecule has 0 heterocycles. The third kappa shape index (κ3) is 4.96. The van der Waals surface area contributed by atoms with Crippen LogP contribution >= 0.6 is 0 Å². The van der Waals surface area contributed by atoms with Gasteiger partial charge in [0, 0.05) is 24.5 Å². The topological polar surface area (TPSA) is 102 Å². The highest BCUT2D eigenvalue weighted by molar-refractivity contribution is 5.92. The van der Waals surface area contributed by atoms with E-state index in [1.165, 1.54) is 0 Å². The molecule has 0 fully saturated rings. The Morgan fingerprint density at radius 1 is 1.19 bits per heavy atom. The maximum absolute atomic E-state index is 11.6. The third-order valence-electron chi connectivity index (χ3n) is 3.04. The van der Waals surface area contributed by atoms with Crippen LogP contribution in [0.3, 0.4) is 0 Å². The van der Waals surface area contributed by atoms with Gasteiger partial charge in [0.05, 0.1) is 6.61 Å². The van der Waals surface area contributed by atoms with E-state index in [-0.39, 0.29) is 0 Å². The van der Waals surface area contributed by atoms with Gasteiger partial charge < -0.3 is 25.7 Å². The highest BCUT2D eigenvalue weighted by Gasteiger charge is 2.18. The van der Waals surface area contributed by atoms with Crippen molar-refractivity contribution in [1.29, 1.82) is 0 Å². The van der Waals surface area contributed by atoms with E-state index in [4.69, 9.17) is 10.2 Å². The van der Waals surface area contributed by atoms with Crippen molar-refractivity contribution in [3.63, 3.8) is 0 Å². The number of aliphatic carboxylic acids is 1. The number of hydrogen-bond acceptors (Lipinski definition) is 4. The number of nitrogens with one attached hydrogen (secondary N) is 2. The fraction of sp³-hybridized carbons (Fsp3) is 0.429. The van der Waals surface area contributed by atoms with Crippen LogP contribution in [0.25, 0.3) is 0 Å². The van der Waals surface area contributed by atoms with Crippen molar-refractivity contribution in [1.82, 2.24) is 5.32 Å². The highest BCUT2D eigenvalue weighted by atomic mass is 16.4. The van der Waals surface area contributed by atoms with Gasteiger partial charge in [0.2, 0.25) is 0 Å². The van der Waals surface area contributed by atoms with Gasteiger partial charge in [-0.15, -0.1) is 0 Å². The average Bonchev–Trinajstić information content (AvgIpc) is 2.47. The number of carbonyl (C=O) groups is 2. The number of hydrogen-bond donors (Lipinski definition) is 4. The first-order valence-corrected chi connectivity index (χ1v) is 6.78. The van der Waals surface area contributed by atoms with Gasteiger partial charge in [0.1, 0.15) is 0 Å². The van der Waals surface area contributed by atoms with Gasteiger partial charge in [-0.1, -0.05) is 0 Å². The maximum atomic E-state index is 11.6. The van der Waals surface area contributed by atoms with Crippen LogP contribution in [0.2, 0.25) is 0 Å². The minimum Gasteiger partial charge on any atom is -0.480 e. The summed E-state index contributed by atoms with van der Waals surface area (Å²) in [6.07, 6.45) is 0. The Morgan fingerprint density at radius 2 is 1.76 bits per heavy atom. The number of carbonyl (C=O) groups excluding carboxylic acids is 1. The first kappa shape index (κ1) is 16.8. The second-order valence-electron chi connectivity index (χ2n) is 4.39. The number of urea groups is 1. The second kappa shape index (κ2) is 8.11. The molecule has 0 spiro atoms. The first-order chi connectivity index (χ1) is 10.0. The Hall–Kier alpha value is -2.28. The predicted molar refractivity (Wildman–Crippen MR) is 80.7 cm³/mol. The van der Waals surface area contributed by atoms with Crippen molar-refractivity contribution in [2.45, 2.75) is 19.9 Å². The summed E-state index contributed by atoms with van der Waals surface area (Å²) in [7, 11) is 0. The molecule has 0 bridgehead atoms. The molecule has 1 aromatic carbocycles. The van der Waals surface area contributed by atoms with Crippen molar-refractivity contribution in [3.05, 3.63) is 24.3 Å². The van der Waals surface area contributed by atoms with Gasteiger partial charge in [-0.25, -0.2) is 9.59 Å². The summed E-state index contributed by atoms with van der Waals surface area (Å²) < 4.78 is 0. The molecule has 0 saturated heterocycles. The smallest absolute Gasteiger partial charge is 0.328 e. The lowest BCUT2D eigenvalue weighted by Crippen LogP contribution is -2.45. The lowest BCUT2D eigenvalue weighted by atomic mass is 10.2. The van der Waals surface area contributed by atoms with Crippen LogP contribution in [0, 0.1) is 0 Å². The minimum atomic E-state index is -1.32. The van der Waals surface area contributed by atoms with E-state index in [0.717, 1.165) is 18.8 Å². The van der Waals surface area contributed by atoms with Crippen LogP contribution in [0.5, 0.6) is 0 Å². The fourth-order valence-corrected chi connectivity index (χ4v) is 1.86. The van der Waals surface area contributed by atoms with Gasteiger partial charge in [-0.3, -0.25) is 0 Å². The molecule has 0 aromatic heterocycles. The van der Waals surface area contributed by atoms with Crippen molar-refractivity contribution in [3.8, 4) is 0 Å². The molecule has 0 aliphatic heterocycles. The molecule has 0 radical (unpaired) electrons. The molecule has 0 aliphatic rings. The third-order valence-corrected chi connectivity index (χ3v) is 3.04. The van der Waals surface area contributed by atoms with E-state index in [0.29, 0.717) is 5.69 Å². The number of benzene rings is 1. The molecular formula is C14H21N3O4. The minimum absolute atomic E-state index is 0.547. The quantitative estimate of drug-likeness (QED) is 0.603. The summed E-state index contributed by atoms with van der Waals surface area (Å²) in [4.78, 5) is 24.5. The summed E-state index contributed by atoms with van der Waals surface area (Å²) in [5.41, 5.74) is 1.59. The second-order valence-corrected chi connectivity index (χ2v) is 4.39. The highest BCUT2D eigenvalue weighted by Crippen LogP contribution is 2.17. The van der Waals surface area contributed by atoms with Gasteiger partial charge in [-0.2, -0.15) is 0 Å². The molecule has 1 rings (SSSR count). The maximum Gasteiger partial charge on any atom is 0.328 e. The van der Waals surface area contributed by atoms with E-state index in [9.17, 15) is 9.59 Å². The van der Waals surface area contributed by atoms with E-state index < -0.39 is 24.6 Å². The Labute approximate surface area is 123 Å². The zero-order valence-electron chi connectivity index (χ0n) is 12.2. The van der Waals surface area contributed by atoms with Crippen molar-refractivity contribution >= 4 is 23.4 Å². The average molecular weight is 295 g/mol. The van der Waals surface area contributed by atoms with Gasteiger partial charge in [-0.05, 0) is 38.1 Å². The largest absolute Gasteiger partial charge is 0.480 e. The first-order valence-electron chi connectivity index (χ1n) is 6.78. The van der Waals surface area contributed by atoms with Crippen LogP contribution < -0.4 is 15.5 Å². The summed E-state index contributed by atoms with van der Waals surface area (Å²) in [5, 5.41) is 22.3. The number of amides is 2. The van der Waals surface area contributed by atoms with E-state index in [1.54, 1.807) is 12.1 Å². The molecule has 1 aromatic rings. The number of nitrogens with zero attached hydrogens (tertiary/aromatic N) is 1. The summed E-state index contributed by atoms with van der Waals surface area (Å²) in [6, 6.07) is 5.24. The molecule has 0 aliphatic carbocycles. The van der Waals surface area contributed by atoms with E-state index in [2.05, 4.69) is 29.4 Å². The van der Waals surface area contributed by atoms with Crippen LogP contribution in [0.15, 0.2) is 24.3 Å². The number of rotatable bonds is 7. The van der Waals surface area contributed by atoms with Crippen LogP contribution in [-0.2, 0) is 4.79 Å². The van der Waals surface area contributed by atoms with Crippen molar-refractivity contribution < 1.29 is 19.8 Å². The molecule has 0 saturated carbocycles. The van der Waals surface area contributed by atoms with E-state index >= 15 is 0 Å². The molecular weight excluding hydrogens is 274 g/mol. The number of carboxylic acid groups (broad SMARTS) is 1. The number of aliphatic hydroxyl groups excluding tert-OH is 1. The van der Waals surface area contributed by atoms with Crippen molar-refractivity contribution in [2.75, 3.05) is 29.9 Å². The van der Waals surface area contributed by atoms with Crippen LogP contribution in [0.1, 0.15) is 13.8 Å². The van der Waals surface area contributed by atoms with Gasteiger partial charge in [0.25, 0.3) is 0 Å². The summed E-state index contributed by atoms with van der Waals surface area (Å²) in [6.45, 7) is 5.23. The molecule has 2 amide bonds. The Balaban J connectivity index is 2.63. The van der Waals surface area contributed by atoms with Crippen LogP contribution in [-0.4, -0.2) is 48.0 Å². The number of aliphatic hydroxyl groups is 1. The summed E-state index contributed by atoms with van der Waals surface area (Å²) >= 11 is 0. The SMILES string of the molecule is CCN(CC)c1ccc(NC(=O)N[C@@H](CO)C(=O)O)cc1. The Kier molecular flexibility index (Phi) is 6.48. The fourth-order valence-electron chi connectivity index (χ4n) is 1.86. The van der Waals surface area contributed by atoms with Gasteiger partial charge in [0.15, 0.2) is 6.04 Å². The zero-order chi connectivity index (χ0) is 15.8. The molecule has 1 atom stereocenters.